The minimum atomic E-state index is -1.14. The second-order valence-electron chi connectivity index (χ2n) is 4.38. The van der Waals surface area contributed by atoms with Gasteiger partial charge in [-0.1, -0.05) is 24.1 Å². The van der Waals surface area contributed by atoms with Crippen molar-refractivity contribution < 1.29 is 19.4 Å². The zero-order valence-electron chi connectivity index (χ0n) is 11.1. The summed E-state index contributed by atoms with van der Waals surface area (Å²) in [4.78, 5) is 25.7. The van der Waals surface area contributed by atoms with Crippen LogP contribution in [-0.2, 0) is 16.0 Å². The third kappa shape index (κ3) is 3.54. The van der Waals surface area contributed by atoms with Gasteiger partial charge in [-0.2, -0.15) is 0 Å². The average Bonchev–Trinajstić information content (AvgIpc) is 2.87. The van der Waals surface area contributed by atoms with Crippen LogP contribution in [0.5, 0.6) is 0 Å². The van der Waals surface area contributed by atoms with E-state index >= 15 is 0 Å². The molecule has 0 radical (unpaired) electrons. The lowest BCUT2D eigenvalue weighted by molar-refractivity contribution is -0.139. The summed E-state index contributed by atoms with van der Waals surface area (Å²) in [5, 5.41) is 12.4. The molecule has 0 aliphatic heterocycles. The lowest BCUT2D eigenvalue weighted by Crippen LogP contribution is -2.42. The van der Waals surface area contributed by atoms with Crippen LogP contribution in [0.2, 0.25) is 0 Å². The Balaban J connectivity index is 2.11. The smallest absolute Gasteiger partial charge is 0.408 e. The first kappa shape index (κ1) is 14.5. The van der Waals surface area contributed by atoms with Gasteiger partial charge in [-0.3, -0.25) is 0 Å². The first-order valence-electron chi connectivity index (χ1n) is 6.26. The Morgan fingerprint density at radius 1 is 1.43 bits per heavy atom. The summed E-state index contributed by atoms with van der Waals surface area (Å²) >= 11 is 0. The molecule has 0 aliphatic rings. The number of carbonyl (C=O) groups excluding carboxylic acids is 1. The molecule has 0 aliphatic carbocycles. The summed E-state index contributed by atoms with van der Waals surface area (Å²) in [6, 6.07) is 6.44. The van der Waals surface area contributed by atoms with Crippen LogP contribution < -0.4 is 5.32 Å². The zero-order valence-corrected chi connectivity index (χ0v) is 11.1. The minimum absolute atomic E-state index is 0.143. The molecule has 0 unspecified atom stereocenters. The maximum absolute atomic E-state index is 11.4. The number of hydrogen-bond donors (Lipinski definition) is 3. The number of amides is 1. The third-order valence-corrected chi connectivity index (χ3v) is 2.98. The number of para-hydroxylation sites is 1. The normalized spacial score (nSPS) is 11.6. The molecule has 1 amide bonds. The van der Waals surface area contributed by atoms with Crippen LogP contribution in [0, 0.1) is 12.3 Å². The fraction of sp³-hybridized carbons (Fsp3) is 0.200. The molecule has 1 atom stereocenters. The molecule has 0 fully saturated rings. The third-order valence-electron chi connectivity index (χ3n) is 2.98. The van der Waals surface area contributed by atoms with Crippen molar-refractivity contribution in [3.63, 3.8) is 0 Å². The Hall–Kier alpha value is -2.94. The van der Waals surface area contributed by atoms with E-state index in [0.29, 0.717) is 0 Å². The highest BCUT2D eigenvalue weighted by molar-refractivity contribution is 5.85. The van der Waals surface area contributed by atoms with Crippen molar-refractivity contribution in [2.75, 3.05) is 6.61 Å². The van der Waals surface area contributed by atoms with Crippen molar-refractivity contribution in [1.82, 2.24) is 10.3 Å². The fourth-order valence-corrected chi connectivity index (χ4v) is 2.01. The van der Waals surface area contributed by atoms with Crippen LogP contribution in [0.25, 0.3) is 10.9 Å². The molecule has 6 nitrogen and oxygen atoms in total. The number of alkyl carbamates (subject to hydrolysis) is 1. The lowest BCUT2D eigenvalue weighted by Gasteiger charge is -2.13. The molecule has 2 rings (SSSR count). The molecule has 1 aromatic heterocycles. The highest BCUT2D eigenvalue weighted by Crippen LogP contribution is 2.19. The molecular weight excluding hydrogens is 272 g/mol. The Kier molecular flexibility index (Phi) is 4.46. The van der Waals surface area contributed by atoms with Crippen molar-refractivity contribution in [3.05, 3.63) is 36.0 Å². The van der Waals surface area contributed by atoms with E-state index in [4.69, 9.17) is 6.42 Å². The van der Waals surface area contributed by atoms with E-state index in [1.54, 1.807) is 6.20 Å². The van der Waals surface area contributed by atoms with Crippen LogP contribution in [0.3, 0.4) is 0 Å². The number of nitrogens with one attached hydrogen (secondary N) is 2. The maximum Gasteiger partial charge on any atom is 0.408 e. The molecule has 108 valence electrons. The van der Waals surface area contributed by atoms with Gasteiger partial charge in [0.1, 0.15) is 6.04 Å². The van der Waals surface area contributed by atoms with Crippen LogP contribution in [0.1, 0.15) is 5.56 Å². The largest absolute Gasteiger partial charge is 0.480 e. The number of carboxylic acid groups (broad SMARTS) is 1. The zero-order chi connectivity index (χ0) is 15.2. The fourth-order valence-electron chi connectivity index (χ4n) is 2.01. The molecule has 0 spiro atoms. The van der Waals surface area contributed by atoms with Crippen LogP contribution in [-0.4, -0.2) is 34.8 Å². The summed E-state index contributed by atoms with van der Waals surface area (Å²) in [5.41, 5.74) is 1.71. The Labute approximate surface area is 121 Å². The Bertz CT molecular complexity index is 699. The molecule has 0 bridgehead atoms. The monoisotopic (exact) mass is 286 g/mol. The first-order chi connectivity index (χ1) is 10.1. The van der Waals surface area contributed by atoms with Crippen LogP contribution in [0.4, 0.5) is 4.79 Å². The molecule has 6 heteroatoms. The standard InChI is InChI=1S/C15H14N2O4/c1-2-7-21-15(20)17-13(14(18)19)8-10-9-16-12-6-4-3-5-11(10)12/h1,3-6,9,13,16H,7-8H2,(H,17,20)(H,18,19)/t13-/m1/s1. The summed E-state index contributed by atoms with van der Waals surface area (Å²) in [5.74, 6) is 0.995. The van der Waals surface area contributed by atoms with Crippen LogP contribution in [0.15, 0.2) is 30.5 Å². The van der Waals surface area contributed by atoms with Gasteiger partial charge >= 0.3 is 12.1 Å². The van der Waals surface area contributed by atoms with E-state index in [2.05, 4.69) is 21.0 Å². The molecule has 2 aromatic rings. The van der Waals surface area contributed by atoms with Gasteiger partial charge in [-0.05, 0) is 11.6 Å². The minimum Gasteiger partial charge on any atom is -0.480 e. The van der Waals surface area contributed by atoms with E-state index in [-0.39, 0.29) is 13.0 Å². The van der Waals surface area contributed by atoms with E-state index in [1.165, 1.54) is 0 Å². The summed E-state index contributed by atoms with van der Waals surface area (Å²) < 4.78 is 4.62. The first-order valence-corrected chi connectivity index (χ1v) is 6.26. The van der Waals surface area contributed by atoms with E-state index in [1.807, 2.05) is 24.3 Å². The Morgan fingerprint density at radius 2 is 2.19 bits per heavy atom. The van der Waals surface area contributed by atoms with E-state index in [9.17, 15) is 14.7 Å². The van der Waals surface area contributed by atoms with Gasteiger partial charge in [0.05, 0.1) is 0 Å². The second-order valence-corrected chi connectivity index (χ2v) is 4.38. The number of aromatic amines is 1. The van der Waals surface area contributed by atoms with Crippen molar-refractivity contribution in [3.8, 4) is 12.3 Å². The van der Waals surface area contributed by atoms with Gasteiger partial charge in [-0.15, -0.1) is 6.42 Å². The number of fused-ring (bicyclic) bond motifs is 1. The lowest BCUT2D eigenvalue weighted by atomic mass is 10.1. The number of hydrogen-bond acceptors (Lipinski definition) is 3. The number of H-pyrrole nitrogens is 1. The molecule has 1 heterocycles. The van der Waals surface area contributed by atoms with Gasteiger partial charge in [-0.25, -0.2) is 9.59 Å². The summed E-state index contributed by atoms with van der Waals surface area (Å²) in [6.45, 7) is -0.203. The highest BCUT2D eigenvalue weighted by atomic mass is 16.5. The number of benzene rings is 1. The number of aliphatic carboxylic acids is 1. The Morgan fingerprint density at radius 3 is 2.90 bits per heavy atom. The quantitative estimate of drug-likeness (QED) is 0.727. The molecule has 0 saturated carbocycles. The molecule has 1 aromatic carbocycles. The molecule has 0 saturated heterocycles. The number of ether oxygens (including phenoxy) is 1. The summed E-state index contributed by atoms with van der Waals surface area (Å²) in [6.07, 6.45) is 5.99. The number of carboxylic acids is 1. The van der Waals surface area contributed by atoms with E-state index in [0.717, 1.165) is 16.5 Å². The number of aromatic nitrogens is 1. The van der Waals surface area contributed by atoms with Gasteiger partial charge in [0, 0.05) is 23.5 Å². The SMILES string of the molecule is C#CCOC(=O)N[C@H](Cc1c[nH]c2ccccc12)C(=O)O. The highest BCUT2D eigenvalue weighted by Gasteiger charge is 2.22. The predicted octanol–water partition coefficient (Wildman–Crippen LogP) is 1.52. The molecule has 3 N–H and O–H groups in total. The van der Waals surface area contributed by atoms with E-state index < -0.39 is 18.1 Å². The van der Waals surface area contributed by atoms with Crippen molar-refractivity contribution in [2.45, 2.75) is 12.5 Å². The van der Waals surface area contributed by atoms with Crippen LogP contribution >= 0.6 is 0 Å². The van der Waals surface area contributed by atoms with Gasteiger partial charge in [0.2, 0.25) is 0 Å². The topological polar surface area (TPSA) is 91.4 Å². The van der Waals surface area contributed by atoms with Gasteiger partial charge in [0.15, 0.2) is 6.61 Å². The summed E-state index contributed by atoms with van der Waals surface area (Å²) in [7, 11) is 0. The predicted molar refractivity (Wildman–Crippen MR) is 76.7 cm³/mol. The molecule has 21 heavy (non-hydrogen) atoms. The molecular formula is C15H14N2O4. The average molecular weight is 286 g/mol. The van der Waals surface area contributed by atoms with Crippen molar-refractivity contribution in [2.24, 2.45) is 0 Å². The second kappa shape index (κ2) is 6.48. The maximum atomic E-state index is 11.4. The van der Waals surface area contributed by atoms with Gasteiger partial charge < -0.3 is 20.1 Å². The van der Waals surface area contributed by atoms with Crippen molar-refractivity contribution in [1.29, 1.82) is 0 Å². The van der Waals surface area contributed by atoms with Gasteiger partial charge in [0.25, 0.3) is 0 Å². The number of carbonyl (C=O) groups is 2. The number of rotatable bonds is 5. The number of terminal acetylenes is 1. The van der Waals surface area contributed by atoms with Crippen molar-refractivity contribution >= 4 is 23.0 Å².